The SMILES string of the molecule is Cc1ccc(S(=O)(=O)n2ccc3c(NN4CC[C@H](OC(N)=O)C4)c([N+](=O)[O-])cnc32)cc1. The van der Waals surface area contributed by atoms with Gasteiger partial charge in [-0.3, -0.25) is 10.1 Å². The van der Waals surface area contributed by atoms with E-state index in [2.05, 4.69) is 10.4 Å². The quantitative estimate of drug-likeness (QED) is 0.413. The summed E-state index contributed by atoms with van der Waals surface area (Å²) in [5.41, 5.74) is 8.74. The van der Waals surface area contributed by atoms with Gasteiger partial charge in [-0.15, -0.1) is 0 Å². The molecule has 32 heavy (non-hydrogen) atoms. The first kappa shape index (κ1) is 21.5. The molecular formula is C19H20N6O6S. The van der Waals surface area contributed by atoms with Crippen LogP contribution in [0.1, 0.15) is 12.0 Å². The Bertz CT molecular complexity index is 1300. The Kier molecular flexibility index (Phi) is 5.44. The van der Waals surface area contributed by atoms with E-state index in [0.717, 1.165) is 15.7 Å². The first-order valence-electron chi connectivity index (χ1n) is 9.61. The Morgan fingerprint density at radius 1 is 1.31 bits per heavy atom. The molecule has 1 saturated heterocycles. The number of fused-ring (bicyclic) bond motifs is 1. The minimum Gasteiger partial charge on any atom is -0.445 e. The highest BCUT2D eigenvalue weighted by Gasteiger charge is 2.29. The van der Waals surface area contributed by atoms with Gasteiger partial charge >= 0.3 is 11.8 Å². The van der Waals surface area contributed by atoms with Gasteiger partial charge in [0.15, 0.2) is 5.65 Å². The van der Waals surface area contributed by atoms with E-state index in [4.69, 9.17) is 10.5 Å². The van der Waals surface area contributed by atoms with Gasteiger partial charge in [-0.1, -0.05) is 17.7 Å². The van der Waals surface area contributed by atoms with E-state index >= 15 is 0 Å². The second kappa shape index (κ2) is 8.09. The van der Waals surface area contributed by atoms with Gasteiger partial charge < -0.3 is 15.9 Å². The molecule has 3 aromatic rings. The summed E-state index contributed by atoms with van der Waals surface area (Å²) < 4.78 is 32.2. The van der Waals surface area contributed by atoms with Crippen molar-refractivity contribution in [2.75, 3.05) is 18.5 Å². The van der Waals surface area contributed by atoms with Crippen molar-refractivity contribution in [3.63, 3.8) is 0 Å². The third-order valence-corrected chi connectivity index (χ3v) is 6.81. The van der Waals surface area contributed by atoms with Crippen molar-refractivity contribution in [1.29, 1.82) is 0 Å². The zero-order chi connectivity index (χ0) is 23.0. The standard InChI is InChI=1S/C19H20N6O6S/c1-12-2-4-14(5-3-12)32(29,30)24-9-7-15-17(16(25(27)28)10-21-18(15)24)22-23-8-6-13(11-23)31-19(20)26/h2-5,7,9-10,13H,6,8,11H2,1H3,(H2,20,26)(H,21,22)/t13-/m0/s1. The van der Waals surface area contributed by atoms with Crippen LogP contribution in [-0.2, 0) is 14.8 Å². The van der Waals surface area contributed by atoms with Crippen molar-refractivity contribution in [3.8, 4) is 0 Å². The lowest BCUT2D eigenvalue weighted by atomic mass is 10.2. The monoisotopic (exact) mass is 460 g/mol. The van der Waals surface area contributed by atoms with E-state index in [1.165, 1.54) is 24.4 Å². The van der Waals surface area contributed by atoms with E-state index in [1.807, 2.05) is 6.92 Å². The molecule has 168 valence electrons. The molecule has 0 unspecified atom stereocenters. The van der Waals surface area contributed by atoms with E-state index in [-0.39, 0.29) is 33.8 Å². The zero-order valence-corrected chi connectivity index (χ0v) is 17.8. The maximum absolute atomic E-state index is 13.1. The van der Waals surface area contributed by atoms with Gasteiger partial charge in [0.1, 0.15) is 18.0 Å². The molecule has 12 nitrogen and oxygen atoms in total. The number of carbonyl (C=O) groups is 1. The fraction of sp³-hybridized carbons (Fsp3) is 0.263. The number of hydrogen-bond acceptors (Lipinski definition) is 9. The molecule has 3 N–H and O–H groups in total. The molecule has 0 saturated carbocycles. The molecule has 13 heteroatoms. The van der Waals surface area contributed by atoms with Crippen LogP contribution in [-0.4, -0.2) is 52.6 Å². The molecule has 1 fully saturated rings. The van der Waals surface area contributed by atoms with E-state index in [9.17, 15) is 23.3 Å². The Labute approximate surface area is 182 Å². The minimum absolute atomic E-state index is 0.0443. The number of nitro groups is 1. The minimum atomic E-state index is -3.97. The fourth-order valence-corrected chi connectivity index (χ4v) is 4.88. The predicted molar refractivity (Wildman–Crippen MR) is 114 cm³/mol. The third-order valence-electron chi connectivity index (χ3n) is 5.13. The Hall–Kier alpha value is -3.71. The number of anilines is 1. The highest BCUT2D eigenvalue weighted by molar-refractivity contribution is 7.90. The topological polar surface area (TPSA) is 163 Å². The number of nitrogens with two attached hydrogens (primary N) is 1. The maximum atomic E-state index is 13.1. The van der Waals surface area contributed by atoms with Crippen LogP contribution in [0.15, 0.2) is 47.6 Å². The predicted octanol–water partition coefficient (Wildman–Crippen LogP) is 1.99. The van der Waals surface area contributed by atoms with Crippen molar-refractivity contribution < 1.29 is 22.9 Å². The molecule has 3 heterocycles. The molecule has 1 aliphatic rings. The van der Waals surface area contributed by atoms with Crippen LogP contribution in [0.25, 0.3) is 11.0 Å². The number of amides is 1. The summed E-state index contributed by atoms with van der Waals surface area (Å²) in [7, 11) is -3.97. The van der Waals surface area contributed by atoms with Crippen LogP contribution in [0.3, 0.4) is 0 Å². The summed E-state index contributed by atoms with van der Waals surface area (Å²) in [5, 5.41) is 13.5. The van der Waals surface area contributed by atoms with Crippen molar-refractivity contribution in [2.45, 2.75) is 24.3 Å². The molecule has 1 atom stereocenters. The largest absolute Gasteiger partial charge is 0.445 e. The molecule has 1 aromatic carbocycles. The number of primary amides is 1. The summed E-state index contributed by atoms with van der Waals surface area (Å²) >= 11 is 0. The molecule has 4 rings (SSSR count). The Morgan fingerprint density at radius 2 is 2.03 bits per heavy atom. The van der Waals surface area contributed by atoms with Crippen molar-refractivity contribution in [2.24, 2.45) is 5.73 Å². The highest BCUT2D eigenvalue weighted by Crippen LogP contribution is 2.34. The summed E-state index contributed by atoms with van der Waals surface area (Å²) in [6.07, 6.45) is 1.46. The number of aromatic nitrogens is 2. The molecular weight excluding hydrogens is 440 g/mol. The van der Waals surface area contributed by atoms with E-state index in [0.29, 0.717) is 13.0 Å². The number of carbonyl (C=O) groups excluding carboxylic acids is 1. The lowest BCUT2D eigenvalue weighted by Crippen LogP contribution is -2.31. The molecule has 2 aromatic heterocycles. The molecule has 1 amide bonds. The van der Waals surface area contributed by atoms with E-state index in [1.54, 1.807) is 17.1 Å². The second-order valence-electron chi connectivity index (χ2n) is 7.35. The van der Waals surface area contributed by atoms with Crippen LogP contribution in [0, 0.1) is 17.0 Å². The molecule has 0 bridgehead atoms. The number of pyridine rings is 1. The normalized spacial score (nSPS) is 16.8. The zero-order valence-electron chi connectivity index (χ0n) is 17.0. The molecule has 1 aliphatic heterocycles. The van der Waals surface area contributed by atoms with Gasteiger partial charge in [-0.05, 0) is 25.1 Å². The number of hydrogen-bond donors (Lipinski definition) is 2. The number of nitrogens with one attached hydrogen (secondary N) is 1. The van der Waals surface area contributed by atoms with E-state index < -0.39 is 27.1 Å². The first-order chi connectivity index (χ1) is 15.2. The van der Waals surface area contributed by atoms with Crippen LogP contribution in [0.2, 0.25) is 0 Å². The first-order valence-corrected chi connectivity index (χ1v) is 11.0. The number of rotatable bonds is 6. The van der Waals surface area contributed by atoms with Crippen LogP contribution < -0.4 is 11.2 Å². The van der Waals surface area contributed by atoms with Gasteiger partial charge in [0, 0.05) is 19.2 Å². The van der Waals surface area contributed by atoms with Crippen molar-refractivity contribution in [3.05, 3.63) is 58.4 Å². The average molecular weight is 460 g/mol. The molecule has 0 radical (unpaired) electrons. The van der Waals surface area contributed by atoms with Gasteiger partial charge in [0.2, 0.25) is 0 Å². The highest BCUT2D eigenvalue weighted by atomic mass is 32.2. The number of benzene rings is 1. The Balaban J connectivity index is 1.74. The Morgan fingerprint density at radius 3 is 2.69 bits per heavy atom. The van der Waals surface area contributed by atoms with Crippen LogP contribution in [0.4, 0.5) is 16.2 Å². The summed E-state index contributed by atoms with van der Waals surface area (Å²) in [6.45, 7) is 2.53. The lowest BCUT2D eigenvalue weighted by Gasteiger charge is -2.19. The number of hydrazine groups is 1. The van der Waals surface area contributed by atoms with Crippen LogP contribution in [0.5, 0.6) is 0 Å². The van der Waals surface area contributed by atoms with Gasteiger partial charge in [-0.2, -0.15) is 0 Å². The van der Waals surface area contributed by atoms with Gasteiger partial charge in [0.25, 0.3) is 10.0 Å². The second-order valence-corrected chi connectivity index (χ2v) is 9.16. The number of ether oxygens (including phenoxy) is 1. The third kappa shape index (κ3) is 3.94. The van der Waals surface area contributed by atoms with Crippen LogP contribution >= 0.6 is 0 Å². The molecule has 0 spiro atoms. The number of nitrogens with zero attached hydrogens (tertiary/aromatic N) is 4. The van der Waals surface area contributed by atoms with Gasteiger partial charge in [0.05, 0.1) is 21.7 Å². The number of aryl methyl sites for hydroxylation is 1. The van der Waals surface area contributed by atoms with Gasteiger partial charge in [-0.25, -0.2) is 27.2 Å². The van der Waals surface area contributed by atoms with Crippen molar-refractivity contribution in [1.82, 2.24) is 14.0 Å². The summed E-state index contributed by atoms with van der Waals surface area (Å²) in [4.78, 5) is 26.1. The average Bonchev–Trinajstić information content (AvgIpc) is 3.35. The summed E-state index contributed by atoms with van der Waals surface area (Å²) in [6, 6.07) is 7.80. The maximum Gasteiger partial charge on any atom is 0.404 e. The molecule has 0 aliphatic carbocycles. The lowest BCUT2D eigenvalue weighted by molar-refractivity contribution is -0.384. The fourth-order valence-electron chi connectivity index (χ4n) is 3.57. The van der Waals surface area contributed by atoms with Crippen molar-refractivity contribution >= 4 is 38.5 Å². The smallest absolute Gasteiger partial charge is 0.404 e. The summed E-state index contributed by atoms with van der Waals surface area (Å²) in [5.74, 6) is 0.